The topological polar surface area (TPSA) is 298 Å². The number of aromatic nitrogens is 6. The van der Waals surface area contributed by atoms with Crippen LogP contribution < -0.4 is 20.0 Å². The van der Waals surface area contributed by atoms with Crippen LogP contribution in [0.15, 0.2) is 146 Å². The van der Waals surface area contributed by atoms with Gasteiger partial charge in [-0.15, -0.1) is 0 Å². The summed E-state index contributed by atoms with van der Waals surface area (Å²) in [6.45, 7) is 7.03. The van der Waals surface area contributed by atoms with E-state index in [0.717, 1.165) is 71.8 Å². The van der Waals surface area contributed by atoms with E-state index < -0.39 is 41.0 Å². The minimum Gasteiger partial charge on any atom is -0.478 e. The van der Waals surface area contributed by atoms with Gasteiger partial charge in [0.25, 0.3) is 0 Å². The number of nitrogens with zero attached hydrogens (tertiary/aromatic N) is 11. The lowest BCUT2D eigenvalue weighted by molar-refractivity contribution is 0.0592. The Kier molecular flexibility index (Phi) is 21.0. The van der Waals surface area contributed by atoms with Crippen molar-refractivity contribution in [2.45, 2.75) is 0 Å². The smallest absolute Gasteiger partial charge is 0.337 e. The second kappa shape index (κ2) is 28.8. The summed E-state index contributed by atoms with van der Waals surface area (Å²) in [5.41, 5.74) is 9.95. The minimum absolute atomic E-state index is 0.145. The first kappa shape index (κ1) is 65.6. The summed E-state index contributed by atoms with van der Waals surface area (Å²) < 4.78 is 78.7. The number of carbonyl (C=O) groups excluding carboxylic acids is 2. The van der Waals surface area contributed by atoms with Crippen LogP contribution in [-0.4, -0.2) is 198 Å². The second-order valence-corrected chi connectivity index (χ2v) is 27.9. The molecule has 3 saturated heterocycles. The van der Waals surface area contributed by atoms with E-state index in [9.17, 15) is 44.7 Å². The van der Waals surface area contributed by atoms with Gasteiger partial charge >= 0.3 is 17.9 Å². The highest BCUT2D eigenvalue weighted by atomic mass is 35.7. The molecule has 90 heavy (non-hydrogen) atoms. The normalized spacial score (nSPS) is 14.9. The number of sulfonamides is 2. The number of aromatic carboxylic acids is 1. The molecule has 0 bridgehead atoms. The standard InChI is InChI=1S/C21H22N4O4S.C20H20N4O4S.C20H20N4O2.CH3ClO2S/c1-29-21(26)16-8-9-17-18(14-16)23-20(19(22-17)15-6-4-3-5-7-15)24-10-12-25(13-11-24)30(2,27)28;1-29(27,28)24-11-9-23(10-12-24)19-18(14-5-3-2-4-6-14)21-16-8-7-15(20(25)26)13-17(16)22-19;1-26-20(25)15-7-8-16-17(13-15)23-19(24-11-9-21-10-12-24)18(22-16)14-5-3-2-4-6-14;1-5(2,3)4/h3-9,14H,10-13H2,1-2H3;2-8,13H,9-12H2,1H3,(H,25,26);2-8,13,21H,9-12H2,1H3;1H3. The van der Waals surface area contributed by atoms with Crippen molar-refractivity contribution in [3.05, 3.63) is 162 Å². The Labute approximate surface area is 525 Å². The number of methoxy groups -OCH3 is 2. The average molecular weight is 1300 g/mol. The van der Waals surface area contributed by atoms with Gasteiger partial charge in [-0.25, -0.2) is 69.5 Å². The van der Waals surface area contributed by atoms with E-state index in [1.807, 2.05) is 107 Å². The van der Waals surface area contributed by atoms with Gasteiger partial charge < -0.3 is 34.6 Å². The number of fused-ring (bicyclic) bond motifs is 3. The van der Waals surface area contributed by atoms with Gasteiger partial charge in [-0.2, -0.15) is 8.61 Å². The largest absolute Gasteiger partial charge is 0.478 e. The van der Waals surface area contributed by atoms with Crippen LogP contribution >= 0.6 is 10.7 Å². The lowest BCUT2D eigenvalue weighted by Crippen LogP contribution is -2.48. The predicted molar refractivity (Wildman–Crippen MR) is 348 cm³/mol. The molecule has 6 aromatic carbocycles. The molecule has 0 amide bonds. The van der Waals surface area contributed by atoms with Crippen LogP contribution in [0.25, 0.3) is 66.9 Å². The number of hydrogen-bond acceptors (Lipinski definition) is 21. The Morgan fingerprint density at radius 1 is 0.422 bits per heavy atom. The van der Waals surface area contributed by atoms with Crippen LogP contribution in [0.1, 0.15) is 31.1 Å². The molecule has 6 heterocycles. The number of ether oxygens (including phenoxy) is 2. The van der Waals surface area contributed by atoms with Gasteiger partial charge in [0.2, 0.25) is 29.1 Å². The molecular weight excluding hydrogens is 1240 g/mol. The number of nitrogens with one attached hydrogen (secondary N) is 1. The zero-order valence-corrected chi connectivity index (χ0v) is 53.0. The molecule has 3 aliphatic rings. The van der Waals surface area contributed by atoms with Crippen LogP contribution in [0.3, 0.4) is 0 Å². The lowest BCUT2D eigenvalue weighted by Gasteiger charge is -2.34. The molecule has 12 rings (SSSR count). The molecule has 0 aliphatic carbocycles. The van der Waals surface area contributed by atoms with E-state index in [-0.39, 0.29) is 11.5 Å². The average Bonchev–Trinajstić information content (AvgIpc) is 0.963. The second-order valence-electron chi connectivity index (χ2n) is 20.9. The molecule has 470 valence electrons. The van der Waals surface area contributed by atoms with Crippen molar-refractivity contribution in [1.82, 2.24) is 43.8 Å². The van der Waals surface area contributed by atoms with E-state index >= 15 is 0 Å². The van der Waals surface area contributed by atoms with Crippen LogP contribution in [-0.2, 0) is 38.6 Å². The number of hydrogen-bond donors (Lipinski definition) is 2. The number of halogens is 1. The molecule has 24 nitrogen and oxygen atoms in total. The number of piperazine rings is 3. The zero-order valence-electron chi connectivity index (χ0n) is 49.8. The van der Waals surface area contributed by atoms with Gasteiger partial charge in [0.15, 0.2) is 17.5 Å². The van der Waals surface area contributed by atoms with Crippen LogP contribution in [0.5, 0.6) is 0 Å². The number of carboxylic acids is 1. The molecule has 28 heteroatoms. The molecular formula is C62H65ClN12O12S3. The quantitative estimate of drug-likeness (QED) is 0.0980. The van der Waals surface area contributed by atoms with Crippen LogP contribution in [0.4, 0.5) is 17.5 Å². The minimum atomic E-state index is -3.24. The van der Waals surface area contributed by atoms with E-state index in [2.05, 4.69) is 20.9 Å². The highest BCUT2D eigenvalue weighted by Gasteiger charge is 2.29. The number of rotatable bonds is 11. The van der Waals surface area contributed by atoms with Gasteiger partial charge in [-0.1, -0.05) is 91.0 Å². The van der Waals surface area contributed by atoms with E-state index in [4.69, 9.17) is 39.4 Å². The van der Waals surface area contributed by atoms with Gasteiger partial charge in [-0.05, 0) is 54.6 Å². The van der Waals surface area contributed by atoms with Crippen molar-refractivity contribution in [2.24, 2.45) is 0 Å². The fraction of sp³-hybridized carbons (Fsp3) is 0.274. The lowest BCUT2D eigenvalue weighted by atomic mass is 10.1. The molecule has 0 saturated carbocycles. The summed E-state index contributed by atoms with van der Waals surface area (Å²) in [4.78, 5) is 70.3. The van der Waals surface area contributed by atoms with Gasteiger partial charge in [0.1, 0.15) is 17.1 Å². The molecule has 0 atom stereocenters. The van der Waals surface area contributed by atoms with Crippen molar-refractivity contribution >= 4 is 108 Å². The van der Waals surface area contributed by atoms with E-state index in [0.29, 0.717) is 108 Å². The molecule has 9 aromatic rings. The summed E-state index contributed by atoms with van der Waals surface area (Å²) in [7, 11) is -2.44. The number of esters is 2. The summed E-state index contributed by atoms with van der Waals surface area (Å²) in [5.74, 6) is 0.318. The number of carboxylic acid groups (broad SMARTS) is 1. The van der Waals surface area contributed by atoms with E-state index in [1.165, 1.54) is 47.5 Å². The van der Waals surface area contributed by atoms with Crippen molar-refractivity contribution in [2.75, 3.05) is 126 Å². The van der Waals surface area contributed by atoms with Gasteiger partial charge in [0, 0.05) is 106 Å². The highest BCUT2D eigenvalue weighted by Crippen LogP contribution is 2.34. The fourth-order valence-corrected chi connectivity index (χ4v) is 11.8. The maximum absolute atomic E-state index is 11.9. The monoisotopic (exact) mass is 1300 g/mol. The first-order valence-electron chi connectivity index (χ1n) is 28.2. The Morgan fingerprint density at radius 3 is 1.00 bits per heavy atom. The SMILES string of the molecule is COC(=O)c1ccc2nc(-c3ccccc3)c(N3CCN(S(C)(=O)=O)CC3)nc2c1.COC(=O)c1ccc2nc(-c3ccccc3)c(N3CCNCC3)nc2c1.CS(=O)(=O)Cl.CS(=O)(=O)N1CCN(c2nc3cc(C(=O)O)ccc3nc2-c2ccccc2)CC1. The Morgan fingerprint density at radius 2 is 0.711 bits per heavy atom. The third-order valence-electron chi connectivity index (χ3n) is 14.6. The number of benzene rings is 6. The number of anilines is 3. The zero-order chi connectivity index (χ0) is 64.3. The predicted octanol–water partition coefficient (Wildman–Crippen LogP) is 6.92. The molecule has 0 radical (unpaired) electrons. The molecule has 3 fully saturated rings. The maximum atomic E-state index is 11.9. The molecule has 0 unspecified atom stereocenters. The van der Waals surface area contributed by atoms with Crippen LogP contribution in [0, 0.1) is 0 Å². The van der Waals surface area contributed by atoms with Crippen molar-refractivity contribution in [1.29, 1.82) is 0 Å². The summed E-state index contributed by atoms with van der Waals surface area (Å²) in [6, 6.07) is 44.5. The van der Waals surface area contributed by atoms with Crippen molar-refractivity contribution in [3.8, 4) is 33.8 Å². The molecule has 3 aromatic heterocycles. The van der Waals surface area contributed by atoms with Gasteiger partial charge in [-0.3, -0.25) is 0 Å². The first-order valence-corrected chi connectivity index (χ1v) is 34.6. The fourth-order valence-electron chi connectivity index (χ4n) is 10.1. The number of carbonyl (C=O) groups is 3. The van der Waals surface area contributed by atoms with Gasteiger partial charge in [0.05, 0.1) is 82.8 Å². The molecule has 0 spiro atoms. The summed E-state index contributed by atoms with van der Waals surface area (Å²) in [5, 5.41) is 12.6. The van der Waals surface area contributed by atoms with E-state index in [1.54, 1.807) is 36.4 Å². The third-order valence-corrected chi connectivity index (χ3v) is 17.2. The van der Waals surface area contributed by atoms with Crippen molar-refractivity contribution < 1.29 is 54.2 Å². The highest BCUT2D eigenvalue weighted by molar-refractivity contribution is 8.13. The Hall–Kier alpha value is -8.83. The molecule has 2 N–H and O–H groups in total. The Balaban J connectivity index is 0.000000154. The first-order chi connectivity index (χ1) is 42.9. The Bertz CT molecular complexity index is 4420. The summed E-state index contributed by atoms with van der Waals surface area (Å²) in [6.07, 6.45) is 3.36. The van der Waals surface area contributed by atoms with Crippen molar-refractivity contribution in [3.63, 3.8) is 0 Å². The summed E-state index contributed by atoms with van der Waals surface area (Å²) >= 11 is 0. The molecule has 3 aliphatic heterocycles. The van der Waals surface area contributed by atoms with Crippen LogP contribution in [0.2, 0.25) is 0 Å². The maximum Gasteiger partial charge on any atom is 0.337 e. The third kappa shape index (κ3) is 16.7.